The largest absolute Gasteiger partial charge is 0.612 e. The number of aliphatic hydroxyl groups is 1. The second-order valence-electron chi connectivity index (χ2n) is 11.2. The van der Waals surface area contributed by atoms with Crippen LogP contribution in [-0.4, -0.2) is 38.8 Å². The number of hydrogen-bond donors (Lipinski definition) is 1. The number of benzene rings is 1. The van der Waals surface area contributed by atoms with Crippen LogP contribution in [0.1, 0.15) is 76.2 Å². The molecule has 0 aliphatic heterocycles. The van der Waals surface area contributed by atoms with Crippen LogP contribution in [0.15, 0.2) is 52.0 Å². The Hall–Kier alpha value is -1.96. The molecule has 0 bridgehead atoms. The van der Waals surface area contributed by atoms with Gasteiger partial charge >= 0.3 is 0 Å². The van der Waals surface area contributed by atoms with Crippen molar-refractivity contribution in [1.29, 1.82) is 0 Å². The average molecular weight is 498 g/mol. The van der Waals surface area contributed by atoms with Crippen LogP contribution in [0.4, 0.5) is 0 Å². The third kappa shape index (κ3) is 3.82. The minimum atomic E-state index is -1.07. The van der Waals surface area contributed by atoms with E-state index in [9.17, 15) is 24.6 Å². The van der Waals surface area contributed by atoms with Crippen molar-refractivity contribution in [2.75, 3.05) is 12.9 Å². The number of nitrogens with zero attached hydrogens (tertiary/aromatic N) is 1. The second-order valence-corrected chi connectivity index (χ2v) is 12.6. The summed E-state index contributed by atoms with van der Waals surface area (Å²) in [6, 6.07) is 7.95. The lowest BCUT2D eigenvalue weighted by Crippen LogP contribution is -2.55. The van der Waals surface area contributed by atoms with E-state index < -0.39 is 22.1 Å². The maximum atomic E-state index is 12.7. The fourth-order valence-electron chi connectivity index (χ4n) is 8.12. The molecule has 4 aliphatic carbocycles. The summed E-state index contributed by atoms with van der Waals surface area (Å²) in [6.45, 7) is 2.11. The molecule has 0 radical (unpaired) electrons. The van der Waals surface area contributed by atoms with Crippen molar-refractivity contribution in [3.63, 3.8) is 0 Å². The lowest BCUT2D eigenvalue weighted by molar-refractivity contribution is -0.591. The molecule has 0 heterocycles. The van der Waals surface area contributed by atoms with Crippen molar-refractivity contribution in [3.8, 4) is 0 Å². The number of carbonyl (C=O) groups is 1. The Morgan fingerprint density at radius 2 is 1.91 bits per heavy atom. The van der Waals surface area contributed by atoms with E-state index in [1.165, 1.54) is 16.7 Å². The number of aliphatic hydroxyl groups excluding tert-OH is 1. The lowest BCUT2D eigenvalue weighted by Gasteiger charge is -2.53. The van der Waals surface area contributed by atoms with E-state index in [1.807, 2.05) is 18.2 Å². The Labute approximate surface area is 210 Å². The van der Waals surface area contributed by atoms with Gasteiger partial charge in [0.2, 0.25) is 5.54 Å². The minimum Gasteiger partial charge on any atom is -0.612 e. The summed E-state index contributed by atoms with van der Waals surface area (Å²) in [4.78, 5) is 25.7. The fourth-order valence-corrected chi connectivity index (χ4v) is 8.64. The molecule has 4 aliphatic rings. The molecule has 1 unspecified atom stereocenters. The molecule has 6 nitrogen and oxygen atoms in total. The first-order valence-electron chi connectivity index (χ1n) is 12.9. The maximum absolute atomic E-state index is 12.7. The van der Waals surface area contributed by atoms with Gasteiger partial charge in [-0.05, 0) is 96.5 Å². The molecule has 0 saturated heterocycles. The molecule has 0 aromatic heterocycles. The minimum absolute atomic E-state index is 0.0192. The van der Waals surface area contributed by atoms with E-state index in [1.54, 1.807) is 6.26 Å². The monoisotopic (exact) mass is 497 g/mol. The molecular weight excluding hydrogens is 462 g/mol. The van der Waals surface area contributed by atoms with Crippen LogP contribution in [-0.2, 0) is 16.0 Å². The summed E-state index contributed by atoms with van der Waals surface area (Å²) in [6.07, 6.45) is 9.54. The Bertz CT molecular complexity index is 1090. The Morgan fingerprint density at radius 3 is 2.57 bits per heavy atom. The molecule has 6 atom stereocenters. The summed E-state index contributed by atoms with van der Waals surface area (Å²) >= 11 is -1.07. The van der Waals surface area contributed by atoms with Gasteiger partial charge in [-0.2, -0.15) is 0 Å². The normalized spacial score (nSPS) is 35.1. The van der Waals surface area contributed by atoms with Gasteiger partial charge in [0.15, 0.2) is 10.7 Å². The van der Waals surface area contributed by atoms with Crippen molar-refractivity contribution >= 4 is 17.0 Å². The number of rotatable bonds is 6. The standard InChI is InChI=1S/C28H35NO5S/c1-27-17-24(18-4-8-21(9-5-18)35(2)34)26-22-11-7-20(31)16-19(22)6-10-23(26)25(27)12-14-28(27,29(32)33)13-3-15-30/h4-5,8-9,16,23-25,30H,3,6-7,10-15,17H2,1-2H3/t23-,24+,25-,27-,28-,35?/m0/s1. The maximum Gasteiger partial charge on any atom is 0.227 e. The average Bonchev–Trinajstić information content (AvgIpc) is 3.14. The molecule has 7 heteroatoms. The fraction of sp³-hybridized carbons (Fsp3) is 0.607. The highest BCUT2D eigenvalue weighted by atomic mass is 32.2. The molecule has 1 aromatic carbocycles. The SMILES string of the molecule is C[S+]([O-])c1ccc([C@H]2C[C@@]3(C)[C@@H](CC[C@]3(CCCO)[N+](=O)[O-])[C@@H]3CCC4=CC(=O)CCC4=C32)cc1. The summed E-state index contributed by atoms with van der Waals surface area (Å²) in [5, 5.41) is 22.3. The van der Waals surface area contributed by atoms with E-state index in [0.29, 0.717) is 32.1 Å². The van der Waals surface area contributed by atoms with Gasteiger partial charge in [0, 0.05) is 42.1 Å². The van der Waals surface area contributed by atoms with E-state index in [4.69, 9.17) is 0 Å². The summed E-state index contributed by atoms with van der Waals surface area (Å²) in [7, 11) is 0. The highest BCUT2D eigenvalue weighted by molar-refractivity contribution is 7.90. The van der Waals surface area contributed by atoms with Crippen LogP contribution < -0.4 is 0 Å². The van der Waals surface area contributed by atoms with Gasteiger partial charge in [-0.15, -0.1) is 0 Å². The van der Waals surface area contributed by atoms with Crippen molar-refractivity contribution in [2.24, 2.45) is 17.3 Å². The van der Waals surface area contributed by atoms with Crippen LogP contribution in [0.25, 0.3) is 0 Å². The van der Waals surface area contributed by atoms with Gasteiger partial charge in [-0.25, -0.2) is 0 Å². The zero-order valence-corrected chi connectivity index (χ0v) is 21.4. The highest BCUT2D eigenvalue weighted by Crippen LogP contribution is 2.68. The number of ketones is 1. The zero-order chi connectivity index (χ0) is 25.0. The molecule has 188 valence electrons. The summed E-state index contributed by atoms with van der Waals surface area (Å²) < 4.78 is 12.0. The summed E-state index contributed by atoms with van der Waals surface area (Å²) in [5.41, 5.74) is 3.51. The van der Waals surface area contributed by atoms with E-state index >= 15 is 0 Å². The predicted molar refractivity (Wildman–Crippen MR) is 135 cm³/mol. The van der Waals surface area contributed by atoms with E-state index in [2.05, 4.69) is 19.1 Å². The molecule has 0 spiro atoms. The smallest absolute Gasteiger partial charge is 0.227 e. The highest BCUT2D eigenvalue weighted by Gasteiger charge is 2.69. The number of hydrogen-bond acceptors (Lipinski definition) is 5. The molecule has 2 saturated carbocycles. The van der Waals surface area contributed by atoms with Gasteiger partial charge in [-0.1, -0.05) is 24.6 Å². The molecule has 0 amide bonds. The third-order valence-corrected chi connectivity index (χ3v) is 10.7. The first kappa shape index (κ1) is 24.7. The van der Waals surface area contributed by atoms with Gasteiger partial charge < -0.3 is 9.66 Å². The number of fused-ring (bicyclic) bond motifs is 4. The first-order chi connectivity index (χ1) is 16.7. The van der Waals surface area contributed by atoms with Crippen LogP contribution in [0.2, 0.25) is 0 Å². The van der Waals surface area contributed by atoms with E-state index in [0.717, 1.165) is 36.1 Å². The molecule has 5 rings (SSSR count). The second kappa shape index (κ2) is 9.16. The quantitative estimate of drug-likeness (QED) is 0.334. The Morgan fingerprint density at radius 1 is 1.17 bits per heavy atom. The topological polar surface area (TPSA) is 104 Å². The van der Waals surface area contributed by atoms with Crippen molar-refractivity contribution in [1.82, 2.24) is 0 Å². The van der Waals surface area contributed by atoms with E-state index in [-0.39, 0.29) is 35.1 Å². The van der Waals surface area contributed by atoms with Gasteiger partial charge in [-0.3, -0.25) is 14.9 Å². The lowest BCUT2D eigenvalue weighted by atomic mass is 9.50. The van der Waals surface area contributed by atoms with Crippen LogP contribution >= 0.6 is 0 Å². The van der Waals surface area contributed by atoms with Crippen LogP contribution in [0.3, 0.4) is 0 Å². The number of carbonyl (C=O) groups excluding carboxylic acids is 1. The Kier molecular flexibility index (Phi) is 6.47. The number of nitro groups is 1. The first-order valence-corrected chi connectivity index (χ1v) is 14.4. The number of allylic oxidation sites excluding steroid dienone is 4. The van der Waals surface area contributed by atoms with Crippen molar-refractivity contribution in [2.45, 2.75) is 81.1 Å². The van der Waals surface area contributed by atoms with Crippen molar-refractivity contribution in [3.05, 3.63) is 62.7 Å². The Balaban J connectivity index is 1.66. The molecular formula is C28H35NO5S. The molecule has 1 N–H and O–H groups in total. The zero-order valence-electron chi connectivity index (χ0n) is 20.6. The van der Waals surface area contributed by atoms with Gasteiger partial charge in [0.05, 0.1) is 0 Å². The summed E-state index contributed by atoms with van der Waals surface area (Å²) in [5.74, 6) is 0.744. The van der Waals surface area contributed by atoms with Crippen molar-refractivity contribution < 1.29 is 19.4 Å². The molecule has 35 heavy (non-hydrogen) atoms. The third-order valence-electron chi connectivity index (χ3n) is 9.77. The molecule has 1 aromatic rings. The molecule has 2 fully saturated rings. The van der Waals surface area contributed by atoms with Gasteiger partial charge in [0.1, 0.15) is 6.26 Å². The predicted octanol–water partition coefficient (Wildman–Crippen LogP) is 5.11. The van der Waals surface area contributed by atoms with Crippen LogP contribution in [0, 0.1) is 27.4 Å². The van der Waals surface area contributed by atoms with Gasteiger partial charge in [0.25, 0.3) is 0 Å². The van der Waals surface area contributed by atoms with Crippen LogP contribution in [0.5, 0.6) is 0 Å².